The summed E-state index contributed by atoms with van der Waals surface area (Å²) in [6.45, 7) is -1.58. The van der Waals surface area contributed by atoms with Crippen molar-refractivity contribution in [1.29, 1.82) is 0 Å². The van der Waals surface area contributed by atoms with Crippen molar-refractivity contribution in [2.45, 2.75) is 24.3 Å². The minimum Gasteiger partial charge on any atom is -0.350 e. The number of sulfonamides is 1. The maximum Gasteiger partial charge on any atom is 0.333 e. The highest BCUT2D eigenvalue weighted by atomic mass is 32.2. The lowest BCUT2D eigenvalue weighted by Crippen LogP contribution is -2.29. The van der Waals surface area contributed by atoms with Crippen LogP contribution in [0.3, 0.4) is 0 Å². The van der Waals surface area contributed by atoms with Crippen LogP contribution in [0.1, 0.15) is 29.3 Å². The van der Waals surface area contributed by atoms with Crippen molar-refractivity contribution >= 4 is 20.9 Å². The SMILES string of the molecule is Cc1c(S(=O)(=O)NC[C@H](c2cccnc2)c2cn(C)c3ccccc23)cnn1C(F)F. The molecule has 0 bridgehead atoms. The summed E-state index contributed by atoms with van der Waals surface area (Å²) >= 11 is 0. The first-order valence-corrected chi connectivity index (χ1v) is 11.0. The molecule has 4 rings (SSSR count). The number of benzene rings is 1. The maximum atomic E-state index is 13.0. The number of rotatable bonds is 7. The molecule has 0 aliphatic heterocycles. The first-order chi connectivity index (χ1) is 14.8. The Morgan fingerprint density at radius 1 is 1.13 bits per heavy atom. The van der Waals surface area contributed by atoms with Crippen LogP contribution in [0.4, 0.5) is 8.78 Å². The van der Waals surface area contributed by atoms with E-state index < -0.39 is 16.6 Å². The van der Waals surface area contributed by atoms with Gasteiger partial charge in [-0.15, -0.1) is 0 Å². The van der Waals surface area contributed by atoms with E-state index in [1.807, 2.05) is 48.1 Å². The second-order valence-electron chi connectivity index (χ2n) is 7.22. The Labute approximate surface area is 178 Å². The smallest absolute Gasteiger partial charge is 0.333 e. The molecule has 4 aromatic rings. The van der Waals surface area contributed by atoms with Crippen molar-refractivity contribution in [3.05, 3.63) is 78.0 Å². The van der Waals surface area contributed by atoms with Crippen LogP contribution in [0.15, 0.2) is 66.1 Å². The van der Waals surface area contributed by atoms with Gasteiger partial charge in [-0.05, 0) is 30.2 Å². The largest absolute Gasteiger partial charge is 0.350 e. The molecule has 1 N–H and O–H groups in total. The molecule has 0 aliphatic rings. The van der Waals surface area contributed by atoms with Crippen LogP contribution in [0, 0.1) is 6.92 Å². The second kappa shape index (κ2) is 8.20. The molecule has 0 saturated carbocycles. The molecule has 162 valence electrons. The first kappa shape index (κ1) is 21.1. The molecule has 31 heavy (non-hydrogen) atoms. The van der Waals surface area contributed by atoms with Crippen molar-refractivity contribution in [3.8, 4) is 0 Å². The quantitative estimate of drug-likeness (QED) is 0.471. The standard InChI is InChI=1S/C21H21F2N5O2S/c1-14-20(12-25-28(14)21(22)23)31(29,30)26-11-17(15-6-5-9-24-10-15)18-13-27(2)19-8-4-3-7-16(18)19/h3-10,12-13,17,21,26H,11H2,1-2H3/t17-/m1/s1. The number of hydrogen-bond acceptors (Lipinski definition) is 4. The highest BCUT2D eigenvalue weighted by Crippen LogP contribution is 2.32. The van der Waals surface area contributed by atoms with Crippen LogP contribution in [0.5, 0.6) is 0 Å². The van der Waals surface area contributed by atoms with Gasteiger partial charge in [0.2, 0.25) is 10.0 Å². The molecule has 0 unspecified atom stereocenters. The van der Waals surface area contributed by atoms with Gasteiger partial charge in [0.05, 0.1) is 11.9 Å². The number of alkyl halides is 2. The molecule has 1 aromatic carbocycles. The molecule has 0 saturated heterocycles. The van der Waals surface area contributed by atoms with Gasteiger partial charge >= 0.3 is 6.55 Å². The molecular formula is C21H21F2N5O2S. The Kier molecular flexibility index (Phi) is 5.59. The summed E-state index contributed by atoms with van der Waals surface area (Å²) in [4.78, 5) is 3.91. The topological polar surface area (TPSA) is 81.8 Å². The van der Waals surface area contributed by atoms with E-state index in [1.165, 1.54) is 6.92 Å². The van der Waals surface area contributed by atoms with Gasteiger partial charge in [0.25, 0.3) is 0 Å². The zero-order valence-electron chi connectivity index (χ0n) is 16.9. The van der Waals surface area contributed by atoms with Gasteiger partial charge in [-0.3, -0.25) is 4.98 Å². The molecule has 0 fully saturated rings. The van der Waals surface area contributed by atoms with Crippen LogP contribution in [0.2, 0.25) is 0 Å². The van der Waals surface area contributed by atoms with Gasteiger partial charge in [0.15, 0.2) is 0 Å². The Morgan fingerprint density at radius 3 is 2.58 bits per heavy atom. The fourth-order valence-corrected chi connectivity index (χ4v) is 4.99. The summed E-state index contributed by atoms with van der Waals surface area (Å²) in [5.41, 5.74) is 2.67. The Hall–Kier alpha value is -3.11. The van der Waals surface area contributed by atoms with E-state index in [0.29, 0.717) is 4.68 Å². The molecule has 1 atom stereocenters. The summed E-state index contributed by atoms with van der Waals surface area (Å²) in [6, 6.07) is 11.5. The molecule has 3 aromatic heterocycles. The summed E-state index contributed by atoms with van der Waals surface area (Å²) in [5, 5.41) is 4.50. The molecule has 0 aliphatic carbocycles. The van der Waals surface area contributed by atoms with Gasteiger partial charge in [-0.25, -0.2) is 17.8 Å². The second-order valence-corrected chi connectivity index (χ2v) is 8.96. The lowest BCUT2D eigenvalue weighted by Gasteiger charge is -2.18. The summed E-state index contributed by atoms with van der Waals surface area (Å²) in [6.07, 6.45) is 6.26. The molecule has 7 nitrogen and oxygen atoms in total. The van der Waals surface area contributed by atoms with Crippen molar-refractivity contribution in [2.24, 2.45) is 7.05 Å². The van der Waals surface area contributed by atoms with Gasteiger partial charge in [0, 0.05) is 49.0 Å². The number of nitrogens with zero attached hydrogens (tertiary/aromatic N) is 4. The Morgan fingerprint density at radius 2 is 1.90 bits per heavy atom. The third kappa shape index (κ3) is 3.96. The van der Waals surface area contributed by atoms with E-state index in [1.54, 1.807) is 18.5 Å². The molecule has 10 heteroatoms. The predicted octanol–water partition coefficient (Wildman–Crippen LogP) is 3.58. The lowest BCUT2D eigenvalue weighted by molar-refractivity contribution is 0.0541. The minimum atomic E-state index is -4.06. The predicted molar refractivity (Wildman–Crippen MR) is 112 cm³/mol. The number of aryl methyl sites for hydroxylation is 1. The van der Waals surface area contributed by atoms with Gasteiger partial charge in [-0.1, -0.05) is 24.3 Å². The van der Waals surface area contributed by atoms with E-state index in [2.05, 4.69) is 14.8 Å². The number of halogens is 2. The maximum absolute atomic E-state index is 13.0. The van der Waals surface area contributed by atoms with Gasteiger partial charge < -0.3 is 4.57 Å². The average Bonchev–Trinajstić information content (AvgIpc) is 3.30. The number of aromatic nitrogens is 4. The van der Waals surface area contributed by atoms with Crippen molar-refractivity contribution in [1.82, 2.24) is 24.1 Å². The number of para-hydroxylation sites is 1. The highest BCUT2D eigenvalue weighted by Gasteiger charge is 2.26. The fourth-order valence-electron chi connectivity index (χ4n) is 3.78. The van der Waals surface area contributed by atoms with Crippen LogP contribution in [-0.2, 0) is 17.1 Å². The van der Waals surface area contributed by atoms with Crippen molar-refractivity contribution < 1.29 is 17.2 Å². The van der Waals surface area contributed by atoms with Gasteiger partial charge in [0.1, 0.15) is 4.90 Å². The van der Waals surface area contributed by atoms with Crippen molar-refractivity contribution in [2.75, 3.05) is 6.54 Å². The van der Waals surface area contributed by atoms with Crippen LogP contribution >= 0.6 is 0 Å². The number of pyridine rings is 1. The normalized spacial score (nSPS) is 13.2. The number of hydrogen-bond donors (Lipinski definition) is 1. The third-order valence-corrected chi connectivity index (χ3v) is 6.87. The zero-order valence-corrected chi connectivity index (χ0v) is 17.7. The number of nitrogens with one attached hydrogen (secondary N) is 1. The molecule has 0 amide bonds. The molecule has 0 spiro atoms. The van der Waals surface area contributed by atoms with E-state index in [-0.39, 0.29) is 23.1 Å². The Bertz CT molecular complexity index is 1320. The van der Waals surface area contributed by atoms with Crippen molar-refractivity contribution in [3.63, 3.8) is 0 Å². The molecular weight excluding hydrogens is 424 g/mol. The lowest BCUT2D eigenvalue weighted by atomic mass is 9.92. The summed E-state index contributed by atoms with van der Waals surface area (Å²) in [5.74, 6) is -0.333. The van der Waals surface area contributed by atoms with E-state index in [9.17, 15) is 17.2 Å². The monoisotopic (exact) mass is 445 g/mol. The fraction of sp³-hybridized carbons (Fsp3) is 0.238. The summed E-state index contributed by atoms with van der Waals surface area (Å²) < 4.78 is 56.8. The first-order valence-electron chi connectivity index (χ1n) is 9.55. The zero-order chi connectivity index (χ0) is 22.2. The average molecular weight is 445 g/mol. The summed E-state index contributed by atoms with van der Waals surface area (Å²) in [7, 11) is -2.13. The van der Waals surface area contributed by atoms with Crippen LogP contribution in [0.25, 0.3) is 10.9 Å². The minimum absolute atomic E-state index is 0.0291. The van der Waals surface area contributed by atoms with Crippen LogP contribution in [-0.4, -0.2) is 34.3 Å². The molecule has 3 heterocycles. The van der Waals surface area contributed by atoms with E-state index in [4.69, 9.17) is 0 Å². The van der Waals surface area contributed by atoms with Gasteiger partial charge in [-0.2, -0.15) is 13.9 Å². The highest BCUT2D eigenvalue weighted by molar-refractivity contribution is 7.89. The third-order valence-electron chi connectivity index (χ3n) is 5.34. The van der Waals surface area contributed by atoms with Crippen LogP contribution < -0.4 is 4.72 Å². The van der Waals surface area contributed by atoms with E-state index in [0.717, 1.165) is 28.2 Å². The molecule has 0 radical (unpaired) electrons. The number of fused-ring (bicyclic) bond motifs is 1. The van der Waals surface area contributed by atoms with E-state index >= 15 is 0 Å². The Balaban J connectivity index is 1.71.